The van der Waals surface area contributed by atoms with Gasteiger partial charge < -0.3 is 26.8 Å². The molecule has 2 aromatic rings. The molecule has 1 aliphatic heterocycles. The summed E-state index contributed by atoms with van der Waals surface area (Å²) in [6.07, 6.45) is 0.730. The molecule has 3 amide bonds. The molecule has 34 heavy (non-hydrogen) atoms. The number of rotatable bonds is 9. The number of carboxylic acids is 1. The number of carbonyl (C=O) groups is 3. The van der Waals surface area contributed by atoms with Crippen LogP contribution in [0.15, 0.2) is 59.5 Å². The first-order valence-corrected chi connectivity index (χ1v) is 12.1. The summed E-state index contributed by atoms with van der Waals surface area (Å²) >= 11 is 0. The van der Waals surface area contributed by atoms with E-state index in [-0.39, 0.29) is 31.0 Å². The lowest BCUT2D eigenvalue weighted by Crippen LogP contribution is -2.54. The van der Waals surface area contributed by atoms with Gasteiger partial charge in [0.25, 0.3) is 0 Å². The van der Waals surface area contributed by atoms with E-state index in [1.54, 1.807) is 42.5 Å². The van der Waals surface area contributed by atoms with Crippen LogP contribution in [-0.4, -0.2) is 60.9 Å². The maximum absolute atomic E-state index is 12.9. The molecule has 0 aliphatic carbocycles. The number of hydrogen-bond acceptors (Lipinski definition) is 6. The van der Waals surface area contributed by atoms with Crippen LogP contribution in [0.4, 0.5) is 10.5 Å². The van der Waals surface area contributed by atoms with Crippen LogP contribution in [0.1, 0.15) is 18.4 Å². The van der Waals surface area contributed by atoms with Gasteiger partial charge in [-0.2, -0.15) is 4.31 Å². The fourth-order valence-corrected chi connectivity index (χ4v) is 5.24. The van der Waals surface area contributed by atoms with Crippen LogP contribution in [-0.2, 0) is 26.2 Å². The number of nitrogen functional groups attached to an aromatic ring is 1. The van der Waals surface area contributed by atoms with Gasteiger partial charge in [-0.05, 0) is 42.7 Å². The largest absolute Gasteiger partial charge is 0.480 e. The van der Waals surface area contributed by atoms with Crippen molar-refractivity contribution in [2.75, 3.05) is 18.8 Å². The second-order valence-electron chi connectivity index (χ2n) is 7.79. The number of anilines is 1. The normalized spacial score (nSPS) is 17.0. The summed E-state index contributed by atoms with van der Waals surface area (Å²) in [5.41, 5.74) is 7.00. The van der Waals surface area contributed by atoms with Gasteiger partial charge in [-0.25, -0.2) is 18.0 Å². The van der Waals surface area contributed by atoms with Gasteiger partial charge in [0.1, 0.15) is 12.1 Å². The molecule has 0 radical (unpaired) electrons. The summed E-state index contributed by atoms with van der Waals surface area (Å²) in [6, 6.07) is 11.5. The van der Waals surface area contributed by atoms with Crippen molar-refractivity contribution >= 4 is 33.6 Å². The lowest BCUT2D eigenvalue weighted by atomic mass is 10.2. The first-order chi connectivity index (χ1) is 16.2. The number of nitrogens with two attached hydrogens (primary N) is 1. The molecule has 182 valence electrons. The fraction of sp³-hybridized carbons (Fsp3) is 0.318. The number of nitrogens with zero attached hydrogens (tertiary/aromatic N) is 1. The molecule has 1 fully saturated rings. The lowest BCUT2D eigenvalue weighted by Gasteiger charge is -2.25. The van der Waals surface area contributed by atoms with Crippen LogP contribution in [0.2, 0.25) is 0 Å². The standard InChI is InChI=1S/C22H27N5O6S/c23-16-10-8-15(9-11-16)13-24-22(31)25-14-18(21(29)30)26-20(28)19-7-4-12-27(19)34(32,33)17-5-2-1-3-6-17/h1-3,5-6,8-11,18-19H,4,7,12-14,23H2,(H,26,28)(H,29,30)(H2,24,25,31)/t18-,19?/m0/s1. The minimum Gasteiger partial charge on any atom is -0.480 e. The van der Waals surface area contributed by atoms with E-state index in [9.17, 15) is 27.9 Å². The number of hydrogen-bond donors (Lipinski definition) is 5. The molecule has 6 N–H and O–H groups in total. The zero-order valence-electron chi connectivity index (χ0n) is 18.3. The second-order valence-corrected chi connectivity index (χ2v) is 9.68. The van der Waals surface area contributed by atoms with Gasteiger partial charge in [0.2, 0.25) is 15.9 Å². The molecule has 12 heteroatoms. The van der Waals surface area contributed by atoms with Crippen molar-refractivity contribution < 1.29 is 27.9 Å². The van der Waals surface area contributed by atoms with Gasteiger partial charge in [-0.1, -0.05) is 30.3 Å². The van der Waals surface area contributed by atoms with Gasteiger partial charge in [-0.15, -0.1) is 0 Å². The van der Waals surface area contributed by atoms with Crippen LogP contribution in [0.3, 0.4) is 0 Å². The highest BCUT2D eigenvalue weighted by atomic mass is 32.2. The Morgan fingerprint density at radius 3 is 2.38 bits per heavy atom. The van der Waals surface area contributed by atoms with E-state index >= 15 is 0 Å². The Bertz CT molecular complexity index is 1120. The Labute approximate surface area is 197 Å². The maximum atomic E-state index is 12.9. The highest BCUT2D eigenvalue weighted by Gasteiger charge is 2.40. The van der Waals surface area contributed by atoms with Gasteiger partial charge in [0, 0.05) is 18.8 Å². The van der Waals surface area contributed by atoms with E-state index in [0.717, 1.165) is 9.87 Å². The number of aliphatic carboxylic acids is 1. The topological polar surface area (TPSA) is 171 Å². The Kier molecular flexibility index (Phi) is 8.08. The minimum atomic E-state index is -3.91. The van der Waals surface area contributed by atoms with Crippen molar-refractivity contribution in [3.8, 4) is 0 Å². The van der Waals surface area contributed by atoms with E-state index < -0.39 is 40.0 Å². The van der Waals surface area contributed by atoms with Crippen molar-refractivity contribution in [1.29, 1.82) is 0 Å². The monoisotopic (exact) mass is 489 g/mol. The molecule has 2 atom stereocenters. The minimum absolute atomic E-state index is 0.0592. The summed E-state index contributed by atoms with van der Waals surface area (Å²) < 4.78 is 27.0. The number of carboxylic acid groups (broad SMARTS) is 1. The fourth-order valence-electron chi connectivity index (χ4n) is 3.56. The third-order valence-corrected chi connectivity index (χ3v) is 7.29. The smallest absolute Gasteiger partial charge is 0.328 e. The summed E-state index contributed by atoms with van der Waals surface area (Å²) in [5.74, 6) is -2.09. The van der Waals surface area contributed by atoms with Crippen LogP contribution in [0.5, 0.6) is 0 Å². The van der Waals surface area contributed by atoms with Crippen LogP contribution in [0.25, 0.3) is 0 Å². The highest BCUT2D eigenvalue weighted by molar-refractivity contribution is 7.89. The lowest BCUT2D eigenvalue weighted by molar-refractivity contribution is -0.142. The summed E-state index contributed by atoms with van der Waals surface area (Å²) in [7, 11) is -3.91. The van der Waals surface area contributed by atoms with Crippen LogP contribution in [0, 0.1) is 0 Å². The Morgan fingerprint density at radius 1 is 1.06 bits per heavy atom. The van der Waals surface area contributed by atoms with E-state index in [1.807, 2.05) is 0 Å². The molecule has 2 aromatic carbocycles. The highest BCUT2D eigenvalue weighted by Crippen LogP contribution is 2.26. The first-order valence-electron chi connectivity index (χ1n) is 10.6. The number of sulfonamides is 1. The van der Waals surface area contributed by atoms with Gasteiger partial charge in [0.15, 0.2) is 0 Å². The van der Waals surface area contributed by atoms with Crippen LogP contribution < -0.4 is 21.7 Å². The molecule has 3 rings (SSSR count). The zero-order chi connectivity index (χ0) is 24.7. The van der Waals surface area contributed by atoms with E-state index in [0.29, 0.717) is 12.1 Å². The Balaban J connectivity index is 1.57. The van der Waals surface area contributed by atoms with Crippen molar-refractivity contribution in [2.45, 2.75) is 36.4 Å². The molecule has 1 heterocycles. The van der Waals surface area contributed by atoms with Crippen LogP contribution >= 0.6 is 0 Å². The van der Waals surface area contributed by atoms with Gasteiger partial charge in [-0.3, -0.25) is 4.79 Å². The summed E-state index contributed by atoms with van der Waals surface area (Å²) in [6.45, 7) is -0.0315. The molecule has 1 unspecified atom stereocenters. The Morgan fingerprint density at radius 2 is 1.74 bits per heavy atom. The van der Waals surface area contributed by atoms with Crippen molar-refractivity contribution in [2.24, 2.45) is 0 Å². The number of amides is 3. The molecule has 0 saturated carbocycles. The summed E-state index contributed by atoms with van der Waals surface area (Å²) in [4.78, 5) is 36.6. The van der Waals surface area contributed by atoms with Gasteiger partial charge in [0.05, 0.1) is 11.4 Å². The average molecular weight is 490 g/mol. The molecular formula is C22H27N5O6S. The van der Waals surface area contributed by atoms with Crippen molar-refractivity contribution in [3.05, 3.63) is 60.2 Å². The third kappa shape index (κ3) is 6.23. The molecule has 0 aromatic heterocycles. The third-order valence-electron chi connectivity index (χ3n) is 5.37. The molecule has 0 bridgehead atoms. The van der Waals surface area contributed by atoms with E-state index in [4.69, 9.17) is 5.73 Å². The molecule has 1 saturated heterocycles. The quantitative estimate of drug-likeness (QED) is 0.319. The van der Waals surface area contributed by atoms with E-state index in [1.165, 1.54) is 12.1 Å². The number of urea groups is 1. The number of carbonyl (C=O) groups excluding carboxylic acids is 2. The van der Waals surface area contributed by atoms with Crippen molar-refractivity contribution in [3.63, 3.8) is 0 Å². The molecular weight excluding hydrogens is 462 g/mol. The first kappa shape index (κ1) is 25.0. The van der Waals surface area contributed by atoms with Crippen molar-refractivity contribution in [1.82, 2.24) is 20.3 Å². The molecule has 1 aliphatic rings. The number of nitrogens with one attached hydrogen (secondary N) is 3. The number of benzene rings is 2. The molecule has 11 nitrogen and oxygen atoms in total. The SMILES string of the molecule is Nc1ccc(CNC(=O)NC[C@H](NC(=O)C2CCCN2S(=O)(=O)c2ccccc2)C(=O)O)cc1. The summed E-state index contributed by atoms with van der Waals surface area (Å²) in [5, 5.41) is 16.8. The second kappa shape index (κ2) is 11.0. The molecule has 0 spiro atoms. The predicted octanol–water partition coefficient (Wildman–Crippen LogP) is 0.491. The predicted molar refractivity (Wildman–Crippen MR) is 124 cm³/mol. The van der Waals surface area contributed by atoms with E-state index in [2.05, 4.69) is 16.0 Å². The Hall–Kier alpha value is -3.64. The van der Waals surface area contributed by atoms with Gasteiger partial charge >= 0.3 is 12.0 Å². The maximum Gasteiger partial charge on any atom is 0.328 e. The average Bonchev–Trinajstić information content (AvgIpc) is 3.33. The zero-order valence-corrected chi connectivity index (χ0v) is 19.1.